The fourth-order valence-corrected chi connectivity index (χ4v) is 4.33. The van der Waals surface area contributed by atoms with Crippen molar-refractivity contribution in [3.63, 3.8) is 0 Å². The number of carbonyl (C=O) groups excluding carboxylic acids is 1. The zero-order chi connectivity index (χ0) is 19.1. The molecule has 0 unspecified atom stereocenters. The van der Waals surface area contributed by atoms with E-state index in [0.29, 0.717) is 24.2 Å². The van der Waals surface area contributed by atoms with Gasteiger partial charge in [-0.3, -0.25) is 9.36 Å². The minimum atomic E-state index is -0.206. The van der Waals surface area contributed by atoms with Gasteiger partial charge in [0.05, 0.1) is 23.2 Å². The van der Waals surface area contributed by atoms with E-state index in [1.54, 1.807) is 34.1 Å². The number of carbonyl (C=O) groups is 1. The number of benzene rings is 1. The monoisotopic (exact) mass is 412 g/mol. The Kier molecular flexibility index (Phi) is 4.29. The van der Waals surface area contributed by atoms with Crippen LogP contribution in [0.4, 0.5) is 0 Å². The van der Waals surface area contributed by atoms with Gasteiger partial charge in [-0.1, -0.05) is 6.07 Å². The van der Waals surface area contributed by atoms with Crippen LogP contribution in [0.1, 0.15) is 29.2 Å². The minimum absolute atomic E-state index is 0.116. The number of aromatic nitrogens is 5. The van der Waals surface area contributed by atoms with Crippen LogP contribution in [0.3, 0.4) is 0 Å². The third-order valence-corrected chi connectivity index (χ3v) is 6.07. The Hall–Kier alpha value is -2.85. The highest BCUT2D eigenvalue weighted by Gasteiger charge is 2.30. The molecule has 3 aromatic heterocycles. The van der Waals surface area contributed by atoms with E-state index in [2.05, 4.69) is 19.2 Å². The van der Waals surface area contributed by atoms with E-state index in [-0.39, 0.29) is 17.6 Å². The van der Waals surface area contributed by atoms with E-state index in [1.807, 2.05) is 17.5 Å². The summed E-state index contributed by atoms with van der Waals surface area (Å²) in [6.45, 7) is 0.640. The van der Waals surface area contributed by atoms with E-state index in [4.69, 9.17) is 0 Å². The zero-order valence-corrected chi connectivity index (χ0v) is 16.4. The smallest absolute Gasteiger partial charge is 0.346 e. The molecule has 142 valence electrons. The quantitative estimate of drug-likeness (QED) is 0.525. The Morgan fingerprint density at radius 1 is 1.21 bits per heavy atom. The maximum atomic E-state index is 12.8. The molecule has 5 rings (SSSR count). The fourth-order valence-electron chi connectivity index (χ4n) is 3.10. The molecule has 0 radical (unpaired) electrons. The number of rotatable bonds is 6. The van der Waals surface area contributed by atoms with Crippen LogP contribution in [-0.2, 0) is 6.54 Å². The van der Waals surface area contributed by atoms with Crippen molar-refractivity contribution in [1.82, 2.24) is 28.4 Å². The summed E-state index contributed by atoms with van der Waals surface area (Å²) in [5.74, 6) is 0.512. The summed E-state index contributed by atoms with van der Waals surface area (Å²) < 4.78 is 11.5. The molecule has 1 saturated carbocycles. The molecule has 1 N–H and O–H groups in total. The van der Waals surface area contributed by atoms with Crippen molar-refractivity contribution in [2.45, 2.75) is 25.4 Å². The number of hydrogen-bond donors (Lipinski definition) is 1. The molecule has 1 fully saturated rings. The summed E-state index contributed by atoms with van der Waals surface area (Å²) in [6, 6.07) is 9.39. The zero-order valence-electron chi connectivity index (χ0n) is 14.7. The van der Waals surface area contributed by atoms with Gasteiger partial charge < -0.3 is 5.32 Å². The van der Waals surface area contributed by atoms with E-state index in [1.165, 1.54) is 4.68 Å². The molecule has 10 heteroatoms. The standard InChI is InChI=1S/C18H16N6O2S2/c25-17(11-3-6-13-14(10-11)22-28-21-13)19-7-8-23-18(26)24(12-4-5-12)16(20-23)15-2-1-9-27-15/h1-3,6,9-10,12H,4-5,7-8H2,(H,19,25). The topological polar surface area (TPSA) is 94.7 Å². The van der Waals surface area contributed by atoms with Crippen LogP contribution < -0.4 is 11.0 Å². The first kappa shape index (κ1) is 17.3. The average molecular weight is 413 g/mol. The summed E-state index contributed by atoms with van der Waals surface area (Å²) in [4.78, 5) is 26.1. The number of thiophene rings is 1. The molecule has 0 aliphatic heterocycles. The SMILES string of the molecule is O=C(NCCn1nc(-c2cccs2)n(C2CC2)c1=O)c1ccc2nsnc2c1. The Balaban J connectivity index is 1.31. The second-order valence-electron chi connectivity index (χ2n) is 6.63. The van der Waals surface area contributed by atoms with Crippen LogP contribution in [0.5, 0.6) is 0 Å². The first-order chi connectivity index (χ1) is 13.7. The van der Waals surface area contributed by atoms with Crippen molar-refractivity contribution in [2.75, 3.05) is 6.54 Å². The van der Waals surface area contributed by atoms with Crippen molar-refractivity contribution < 1.29 is 4.79 Å². The molecule has 28 heavy (non-hydrogen) atoms. The lowest BCUT2D eigenvalue weighted by atomic mass is 10.2. The molecule has 1 aromatic carbocycles. The Morgan fingerprint density at radius 3 is 2.86 bits per heavy atom. The third kappa shape index (κ3) is 3.14. The summed E-state index contributed by atoms with van der Waals surface area (Å²) in [5.41, 5.74) is 1.89. The fraction of sp³-hybridized carbons (Fsp3) is 0.278. The number of nitrogens with zero attached hydrogens (tertiary/aromatic N) is 5. The van der Waals surface area contributed by atoms with Crippen LogP contribution in [0.25, 0.3) is 21.7 Å². The first-order valence-corrected chi connectivity index (χ1v) is 10.6. The van der Waals surface area contributed by atoms with Gasteiger partial charge in [0.15, 0.2) is 5.82 Å². The molecule has 1 amide bonds. The normalized spacial score (nSPS) is 13.9. The van der Waals surface area contributed by atoms with Crippen molar-refractivity contribution in [2.24, 2.45) is 0 Å². The second-order valence-corrected chi connectivity index (χ2v) is 8.11. The lowest BCUT2D eigenvalue weighted by Gasteiger charge is -2.04. The van der Waals surface area contributed by atoms with Gasteiger partial charge in [0.25, 0.3) is 5.91 Å². The molecule has 0 atom stereocenters. The number of nitrogens with one attached hydrogen (secondary N) is 1. The molecule has 1 aliphatic rings. The van der Waals surface area contributed by atoms with Crippen LogP contribution in [0.15, 0.2) is 40.5 Å². The lowest BCUT2D eigenvalue weighted by Crippen LogP contribution is -2.32. The first-order valence-electron chi connectivity index (χ1n) is 8.94. The van der Waals surface area contributed by atoms with Gasteiger partial charge in [-0.2, -0.15) is 8.75 Å². The molecule has 0 spiro atoms. The van der Waals surface area contributed by atoms with E-state index in [0.717, 1.165) is 40.8 Å². The Morgan fingerprint density at radius 2 is 2.07 bits per heavy atom. The summed E-state index contributed by atoms with van der Waals surface area (Å²) in [6.07, 6.45) is 2.02. The van der Waals surface area contributed by atoms with Crippen LogP contribution in [0, 0.1) is 0 Å². The van der Waals surface area contributed by atoms with Crippen LogP contribution in [0.2, 0.25) is 0 Å². The summed E-state index contributed by atoms with van der Waals surface area (Å²) >= 11 is 2.69. The van der Waals surface area contributed by atoms with E-state index >= 15 is 0 Å². The average Bonchev–Trinajstić information content (AvgIpc) is 3.11. The molecule has 1 aliphatic carbocycles. The molecule has 0 saturated heterocycles. The van der Waals surface area contributed by atoms with Gasteiger partial charge in [-0.05, 0) is 42.5 Å². The predicted octanol–water partition coefficient (Wildman–Crippen LogP) is 2.54. The van der Waals surface area contributed by atoms with Gasteiger partial charge in [-0.15, -0.1) is 16.4 Å². The highest BCUT2D eigenvalue weighted by atomic mass is 32.1. The number of fused-ring (bicyclic) bond motifs is 1. The Bertz CT molecular complexity index is 1200. The largest absolute Gasteiger partial charge is 0.350 e. The lowest BCUT2D eigenvalue weighted by molar-refractivity contribution is 0.0952. The summed E-state index contributed by atoms with van der Waals surface area (Å²) in [5, 5.41) is 9.35. The molecule has 3 heterocycles. The van der Waals surface area contributed by atoms with Gasteiger partial charge in [-0.25, -0.2) is 9.48 Å². The van der Waals surface area contributed by atoms with Crippen LogP contribution in [-0.4, -0.2) is 35.5 Å². The van der Waals surface area contributed by atoms with Gasteiger partial charge in [0, 0.05) is 18.2 Å². The minimum Gasteiger partial charge on any atom is -0.350 e. The van der Waals surface area contributed by atoms with Gasteiger partial charge in [0.1, 0.15) is 11.0 Å². The summed E-state index contributed by atoms with van der Waals surface area (Å²) in [7, 11) is 0. The Labute approximate surface area is 167 Å². The van der Waals surface area contributed by atoms with E-state index < -0.39 is 0 Å². The molecular formula is C18H16N6O2S2. The maximum Gasteiger partial charge on any atom is 0.346 e. The van der Waals surface area contributed by atoms with Gasteiger partial charge >= 0.3 is 5.69 Å². The second kappa shape index (κ2) is 6.95. The predicted molar refractivity (Wildman–Crippen MR) is 108 cm³/mol. The van der Waals surface area contributed by atoms with Gasteiger partial charge in [0.2, 0.25) is 0 Å². The maximum absolute atomic E-state index is 12.8. The molecular weight excluding hydrogens is 396 g/mol. The number of amides is 1. The third-order valence-electron chi connectivity index (χ3n) is 4.65. The highest BCUT2D eigenvalue weighted by Crippen LogP contribution is 2.37. The van der Waals surface area contributed by atoms with E-state index in [9.17, 15) is 9.59 Å². The van der Waals surface area contributed by atoms with Crippen molar-refractivity contribution >= 4 is 40.0 Å². The number of hydrogen-bond acceptors (Lipinski definition) is 7. The highest BCUT2D eigenvalue weighted by molar-refractivity contribution is 7.13. The van der Waals surface area contributed by atoms with Crippen molar-refractivity contribution in [1.29, 1.82) is 0 Å². The molecule has 4 aromatic rings. The van der Waals surface area contributed by atoms with Crippen molar-refractivity contribution in [3.05, 3.63) is 51.8 Å². The van der Waals surface area contributed by atoms with Crippen LogP contribution >= 0.6 is 23.1 Å². The van der Waals surface area contributed by atoms with Crippen molar-refractivity contribution in [3.8, 4) is 10.7 Å². The molecule has 0 bridgehead atoms. The molecule has 8 nitrogen and oxygen atoms in total.